The van der Waals surface area contributed by atoms with Crippen LogP contribution in [-0.4, -0.2) is 54.7 Å². The second-order valence-corrected chi connectivity index (χ2v) is 9.03. The molecule has 0 saturated carbocycles. The number of amides is 1. The molecule has 3 nitrogen and oxygen atoms in total. The van der Waals surface area contributed by atoms with Gasteiger partial charge in [-0.05, 0) is 49.2 Å². The minimum Gasteiger partial charge on any atom is -0.342 e. The first-order valence-corrected chi connectivity index (χ1v) is 11.4. The third-order valence-electron chi connectivity index (χ3n) is 5.40. The van der Waals surface area contributed by atoms with Crippen molar-refractivity contribution in [1.29, 1.82) is 0 Å². The SMILES string of the molecule is CCN(C)CC1CCN(C(=O)CSC(c2ccccc2)c2ccc(Cl)cc2)C1. The molecule has 0 spiro atoms. The Hall–Kier alpha value is -1.49. The average Bonchev–Trinajstić information content (AvgIpc) is 3.18. The van der Waals surface area contributed by atoms with Crippen LogP contribution in [0, 0.1) is 5.92 Å². The molecule has 3 rings (SSSR count). The first-order valence-electron chi connectivity index (χ1n) is 9.95. The third kappa shape index (κ3) is 5.76. The van der Waals surface area contributed by atoms with Gasteiger partial charge in [0.05, 0.1) is 11.0 Å². The van der Waals surface area contributed by atoms with Crippen LogP contribution in [0.1, 0.15) is 29.7 Å². The van der Waals surface area contributed by atoms with Crippen LogP contribution in [0.2, 0.25) is 5.02 Å². The normalized spacial score (nSPS) is 17.9. The second-order valence-electron chi connectivity index (χ2n) is 7.50. The number of nitrogens with zero attached hydrogens (tertiary/aromatic N) is 2. The summed E-state index contributed by atoms with van der Waals surface area (Å²) < 4.78 is 0. The van der Waals surface area contributed by atoms with Gasteiger partial charge >= 0.3 is 0 Å². The van der Waals surface area contributed by atoms with Crippen molar-refractivity contribution >= 4 is 29.3 Å². The molecule has 1 saturated heterocycles. The predicted octanol–water partition coefficient (Wildman–Crippen LogP) is 4.96. The second kappa shape index (κ2) is 10.3. The Balaban J connectivity index is 1.62. The molecule has 0 radical (unpaired) electrons. The number of likely N-dealkylation sites (tertiary alicyclic amines) is 1. The number of thioether (sulfide) groups is 1. The maximum absolute atomic E-state index is 12.8. The van der Waals surface area contributed by atoms with E-state index in [0.717, 1.165) is 37.6 Å². The van der Waals surface area contributed by atoms with Crippen molar-refractivity contribution in [2.24, 2.45) is 5.92 Å². The van der Waals surface area contributed by atoms with Gasteiger partial charge in [0, 0.05) is 24.7 Å². The predicted molar refractivity (Wildman–Crippen MR) is 120 cm³/mol. The van der Waals surface area contributed by atoms with E-state index in [4.69, 9.17) is 11.6 Å². The van der Waals surface area contributed by atoms with Crippen LogP contribution in [0.25, 0.3) is 0 Å². The number of carbonyl (C=O) groups excluding carboxylic acids is 1. The van der Waals surface area contributed by atoms with Gasteiger partial charge in [0.25, 0.3) is 0 Å². The minimum atomic E-state index is 0.132. The van der Waals surface area contributed by atoms with Crippen molar-refractivity contribution in [2.45, 2.75) is 18.6 Å². The highest BCUT2D eigenvalue weighted by Crippen LogP contribution is 2.36. The number of halogens is 1. The molecule has 0 N–H and O–H groups in total. The number of hydrogen-bond donors (Lipinski definition) is 0. The Morgan fingerprint density at radius 1 is 1.18 bits per heavy atom. The fraction of sp³-hybridized carbons (Fsp3) is 0.435. The smallest absolute Gasteiger partial charge is 0.232 e. The maximum Gasteiger partial charge on any atom is 0.232 e. The topological polar surface area (TPSA) is 23.6 Å². The van der Waals surface area contributed by atoms with Gasteiger partial charge in [0.1, 0.15) is 0 Å². The van der Waals surface area contributed by atoms with E-state index in [0.29, 0.717) is 11.7 Å². The van der Waals surface area contributed by atoms with Gasteiger partial charge in [-0.15, -0.1) is 11.8 Å². The molecule has 2 unspecified atom stereocenters. The van der Waals surface area contributed by atoms with Crippen LogP contribution < -0.4 is 0 Å². The fourth-order valence-corrected chi connectivity index (χ4v) is 4.99. The van der Waals surface area contributed by atoms with Gasteiger partial charge in [0.2, 0.25) is 5.91 Å². The van der Waals surface area contributed by atoms with Crippen LogP contribution in [0.4, 0.5) is 0 Å². The summed E-state index contributed by atoms with van der Waals surface area (Å²) in [6.45, 7) is 6.08. The van der Waals surface area contributed by atoms with Crippen LogP contribution in [0.3, 0.4) is 0 Å². The van der Waals surface area contributed by atoms with E-state index in [9.17, 15) is 4.79 Å². The van der Waals surface area contributed by atoms with Crippen LogP contribution in [0.15, 0.2) is 54.6 Å². The third-order valence-corrected chi connectivity index (χ3v) is 6.94. The summed E-state index contributed by atoms with van der Waals surface area (Å²) >= 11 is 7.77. The van der Waals surface area contributed by atoms with Crippen LogP contribution >= 0.6 is 23.4 Å². The highest BCUT2D eigenvalue weighted by Gasteiger charge is 2.27. The highest BCUT2D eigenvalue weighted by molar-refractivity contribution is 8.00. The monoisotopic (exact) mass is 416 g/mol. The summed E-state index contributed by atoms with van der Waals surface area (Å²) in [5.41, 5.74) is 2.39. The molecule has 150 valence electrons. The molecule has 5 heteroatoms. The van der Waals surface area contributed by atoms with Crippen molar-refractivity contribution in [3.8, 4) is 0 Å². The van der Waals surface area contributed by atoms with Crippen LogP contribution in [0.5, 0.6) is 0 Å². The van der Waals surface area contributed by atoms with Crippen molar-refractivity contribution in [2.75, 3.05) is 39.0 Å². The Morgan fingerprint density at radius 3 is 2.54 bits per heavy atom. The maximum atomic E-state index is 12.8. The molecular weight excluding hydrogens is 388 g/mol. The van der Waals surface area contributed by atoms with Crippen molar-refractivity contribution < 1.29 is 4.79 Å². The van der Waals surface area contributed by atoms with Gasteiger partial charge in [0.15, 0.2) is 0 Å². The Labute approximate surface area is 178 Å². The van der Waals surface area contributed by atoms with Crippen molar-refractivity contribution in [3.05, 3.63) is 70.7 Å². The Bertz CT molecular complexity index is 753. The number of carbonyl (C=O) groups is 1. The molecule has 1 aliphatic heterocycles. The minimum absolute atomic E-state index is 0.132. The van der Waals surface area contributed by atoms with E-state index in [1.165, 1.54) is 11.1 Å². The molecule has 0 bridgehead atoms. The van der Waals surface area contributed by atoms with Crippen molar-refractivity contribution in [1.82, 2.24) is 9.80 Å². The van der Waals surface area contributed by atoms with E-state index >= 15 is 0 Å². The summed E-state index contributed by atoms with van der Waals surface area (Å²) in [6, 6.07) is 18.3. The van der Waals surface area contributed by atoms with Gasteiger partial charge in [-0.2, -0.15) is 0 Å². The summed E-state index contributed by atoms with van der Waals surface area (Å²) in [5.74, 6) is 1.35. The van der Waals surface area contributed by atoms with E-state index in [-0.39, 0.29) is 11.2 Å². The average molecular weight is 417 g/mol. The van der Waals surface area contributed by atoms with E-state index in [1.54, 1.807) is 11.8 Å². The molecule has 1 heterocycles. The van der Waals surface area contributed by atoms with Gasteiger partial charge in [-0.25, -0.2) is 0 Å². The van der Waals surface area contributed by atoms with Gasteiger partial charge < -0.3 is 9.80 Å². The first-order chi connectivity index (χ1) is 13.6. The van der Waals surface area contributed by atoms with E-state index < -0.39 is 0 Å². The summed E-state index contributed by atoms with van der Waals surface area (Å²) in [6.07, 6.45) is 1.11. The van der Waals surface area contributed by atoms with Crippen LogP contribution in [-0.2, 0) is 4.79 Å². The lowest BCUT2D eigenvalue weighted by atomic mass is 10.0. The number of benzene rings is 2. The molecule has 1 aliphatic rings. The van der Waals surface area contributed by atoms with Crippen molar-refractivity contribution in [3.63, 3.8) is 0 Å². The highest BCUT2D eigenvalue weighted by atomic mass is 35.5. The molecule has 2 atom stereocenters. The summed E-state index contributed by atoms with van der Waals surface area (Å²) in [4.78, 5) is 17.2. The summed E-state index contributed by atoms with van der Waals surface area (Å²) in [7, 11) is 2.15. The molecule has 0 aliphatic carbocycles. The molecule has 0 aromatic heterocycles. The van der Waals surface area contributed by atoms with E-state index in [1.807, 2.05) is 23.1 Å². The molecule has 28 heavy (non-hydrogen) atoms. The number of rotatable bonds is 8. The molecule has 1 fully saturated rings. The lowest BCUT2D eigenvalue weighted by Gasteiger charge is -2.22. The number of hydrogen-bond acceptors (Lipinski definition) is 3. The molecular formula is C23H29ClN2OS. The van der Waals surface area contributed by atoms with E-state index in [2.05, 4.69) is 55.3 Å². The zero-order chi connectivity index (χ0) is 19.9. The lowest BCUT2D eigenvalue weighted by Crippen LogP contribution is -2.32. The zero-order valence-corrected chi connectivity index (χ0v) is 18.3. The summed E-state index contributed by atoms with van der Waals surface area (Å²) in [5, 5.41) is 0.865. The molecule has 1 amide bonds. The van der Waals surface area contributed by atoms with Gasteiger partial charge in [-0.1, -0.05) is 61.0 Å². The Morgan fingerprint density at radius 2 is 1.86 bits per heavy atom. The fourth-order valence-electron chi connectivity index (χ4n) is 3.67. The lowest BCUT2D eigenvalue weighted by molar-refractivity contribution is -0.127. The first kappa shape index (κ1) is 21.2. The standard InChI is InChI=1S/C23H29ClN2OS/c1-3-25(2)15-18-13-14-26(16-18)22(27)17-28-23(19-7-5-4-6-8-19)20-9-11-21(24)12-10-20/h4-12,18,23H,3,13-17H2,1-2H3. The quantitative estimate of drug-likeness (QED) is 0.607. The molecule has 2 aromatic carbocycles. The zero-order valence-electron chi connectivity index (χ0n) is 16.7. The van der Waals surface area contributed by atoms with Gasteiger partial charge in [-0.3, -0.25) is 4.79 Å². The Kier molecular flexibility index (Phi) is 7.83. The largest absolute Gasteiger partial charge is 0.342 e. The molecule has 2 aromatic rings.